The maximum Gasteiger partial charge on any atom is 0.304 e. The van der Waals surface area contributed by atoms with Gasteiger partial charge < -0.3 is 14.6 Å². The first-order chi connectivity index (χ1) is 9.83. The fourth-order valence-corrected chi connectivity index (χ4v) is 2.68. The van der Waals surface area contributed by atoms with Gasteiger partial charge in [0.15, 0.2) is 11.5 Å². The van der Waals surface area contributed by atoms with Gasteiger partial charge in [-0.1, -0.05) is 25.4 Å². The average Bonchev–Trinajstić information content (AvgIpc) is 2.32. The SMILES string of the molecule is COc1cc(Cl)cc(C(C)(C)CC(=O)O)c1OC1CCC1. The quantitative estimate of drug-likeness (QED) is 0.861. The van der Waals surface area contributed by atoms with Crippen molar-refractivity contribution in [3.63, 3.8) is 0 Å². The van der Waals surface area contributed by atoms with Gasteiger partial charge in [0.25, 0.3) is 0 Å². The molecule has 0 heterocycles. The predicted molar refractivity (Wildman–Crippen MR) is 81.5 cm³/mol. The molecule has 0 bridgehead atoms. The molecule has 116 valence electrons. The van der Waals surface area contributed by atoms with Gasteiger partial charge in [-0.15, -0.1) is 0 Å². The van der Waals surface area contributed by atoms with E-state index in [1.807, 2.05) is 13.8 Å². The predicted octanol–water partition coefficient (Wildman–Crippen LogP) is 4.03. The van der Waals surface area contributed by atoms with Crippen molar-refractivity contribution >= 4 is 17.6 Å². The number of hydrogen-bond donors (Lipinski definition) is 1. The molecule has 0 saturated heterocycles. The van der Waals surface area contributed by atoms with Gasteiger partial charge >= 0.3 is 5.97 Å². The van der Waals surface area contributed by atoms with Crippen LogP contribution in [0.25, 0.3) is 0 Å². The van der Waals surface area contributed by atoms with E-state index in [-0.39, 0.29) is 12.5 Å². The largest absolute Gasteiger partial charge is 0.493 e. The minimum absolute atomic E-state index is 0.00246. The minimum Gasteiger partial charge on any atom is -0.493 e. The number of carboxylic acids is 1. The summed E-state index contributed by atoms with van der Waals surface area (Å²) < 4.78 is 11.4. The zero-order chi connectivity index (χ0) is 15.6. The molecule has 1 aromatic rings. The van der Waals surface area contributed by atoms with Gasteiger partial charge in [0.05, 0.1) is 19.6 Å². The van der Waals surface area contributed by atoms with E-state index < -0.39 is 11.4 Å². The van der Waals surface area contributed by atoms with E-state index in [2.05, 4.69) is 0 Å². The molecule has 5 heteroatoms. The van der Waals surface area contributed by atoms with Crippen LogP contribution in [0.4, 0.5) is 0 Å². The Hall–Kier alpha value is -1.42. The summed E-state index contributed by atoms with van der Waals surface area (Å²) in [5, 5.41) is 9.65. The second-order valence-electron chi connectivity index (χ2n) is 6.11. The van der Waals surface area contributed by atoms with Crippen molar-refractivity contribution in [2.24, 2.45) is 0 Å². The molecule has 0 spiro atoms. The van der Waals surface area contributed by atoms with Crippen molar-refractivity contribution in [1.29, 1.82) is 0 Å². The van der Waals surface area contributed by atoms with Gasteiger partial charge in [-0.25, -0.2) is 0 Å². The first-order valence-electron chi connectivity index (χ1n) is 7.10. The Morgan fingerprint density at radius 1 is 1.43 bits per heavy atom. The first kappa shape index (κ1) is 16.0. The van der Waals surface area contributed by atoms with Crippen molar-refractivity contribution in [3.8, 4) is 11.5 Å². The summed E-state index contributed by atoms with van der Waals surface area (Å²) in [6.45, 7) is 3.75. The fraction of sp³-hybridized carbons (Fsp3) is 0.562. The third-order valence-corrected chi connectivity index (χ3v) is 4.12. The summed E-state index contributed by atoms with van der Waals surface area (Å²) in [5.41, 5.74) is 0.185. The molecule has 0 amide bonds. The lowest BCUT2D eigenvalue weighted by molar-refractivity contribution is -0.138. The number of benzene rings is 1. The number of aliphatic carboxylic acids is 1. The van der Waals surface area contributed by atoms with E-state index in [0.717, 1.165) is 24.8 Å². The van der Waals surface area contributed by atoms with Gasteiger partial charge in [-0.3, -0.25) is 4.79 Å². The number of carbonyl (C=O) groups is 1. The van der Waals surface area contributed by atoms with E-state index in [1.165, 1.54) is 0 Å². The summed E-state index contributed by atoms with van der Waals surface area (Å²) in [5.74, 6) is 0.328. The van der Waals surface area contributed by atoms with Crippen LogP contribution in [0.2, 0.25) is 5.02 Å². The van der Waals surface area contributed by atoms with Crippen molar-refractivity contribution in [2.75, 3.05) is 7.11 Å². The van der Waals surface area contributed by atoms with Crippen LogP contribution < -0.4 is 9.47 Å². The molecule has 1 fully saturated rings. The number of rotatable bonds is 6. The molecule has 0 aliphatic heterocycles. The lowest BCUT2D eigenvalue weighted by Gasteiger charge is -2.32. The molecule has 0 unspecified atom stereocenters. The van der Waals surface area contributed by atoms with Crippen LogP contribution >= 0.6 is 11.6 Å². The molecule has 0 aromatic heterocycles. The Morgan fingerprint density at radius 3 is 2.57 bits per heavy atom. The number of ether oxygens (including phenoxy) is 2. The normalized spacial score (nSPS) is 15.4. The number of carboxylic acid groups (broad SMARTS) is 1. The molecular formula is C16H21ClO4. The zero-order valence-corrected chi connectivity index (χ0v) is 13.4. The van der Waals surface area contributed by atoms with Crippen molar-refractivity contribution in [3.05, 3.63) is 22.7 Å². The number of methoxy groups -OCH3 is 1. The smallest absolute Gasteiger partial charge is 0.304 e. The van der Waals surface area contributed by atoms with Crippen molar-refractivity contribution < 1.29 is 19.4 Å². The monoisotopic (exact) mass is 312 g/mol. The summed E-state index contributed by atoms with van der Waals surface area (Å²) >= 11 is 6.14. The molecule has 1 aromatic carbocycles. The Bertz CT molecular complexity index is 535. The third-order valence-electron chi connectivity index (χ3n) is 3.90. The van der Waals surface area contributed by atoms with Crippen LogP contribution in [0, 0.1) is 0 Å². The fourth-order valence-electron chi connectivity index (χ4n) is 2.47. The van der Waals surface area contributed by atoms with E-state index >= 15 is 0 Å². The van der Waals surface area contributed by atoms with Crippen LogP contribution in [-0.4, -0.2) is 24.3 Å². The lowest BCUT2D eigenvalue weighted by Crippen LogP contribution is -2.28. The molecule has 0 radical (unpaired) electrons. The van der Waals surface area contributed by atoms with Gasteiger partial charge in [0, 0.05) is 22.1 Å². The standard InChI is InChI=1S/C16H21ClO4/c1-16(2,9-14(18)19)12-7-10(17)8-13(20-3)15(12)21-11-5-4-6-11/h7-8,11H,4-6,9H2,1-3H3,(H,18,19). The highest BCUT2D eigenvalue weighted by molar-refractivity contribution is 6.30. The van der Waals surface area contributed by atoms with Gasteiger partial charge in [0.1, 0.15) is 0 Å². The summed E-state index contributed by atoms with van der Waals surface area (Å²) in [7, 11) is 1.56. The molecule has 1 aliphatic carbocycles. The maximum absolute atomic E-state index is 11.1. The molecule has 0 atom stereocenters. The molecule has 1 saturated carbocycles. The molecule has 1 N–H and O–H groups in total. The van der Waals surface area contributed by atoms with E-state index in [1.54, 1.807) is 19.2 Å². The first-order valence-corrected chi connectivity index (χ1v) is 7.48. The van der Waals surface area contributed by atoms with Crippen LogP contribution in [0.3, 0.4) is 0 Å². The highest BCUT2D eigenvalue weighted by Crippen LogP contribution is 2.44. The molecule has 2 rings (SSSR count). The second-order valence-corrected chi connectivity index (χ2v) is 6.55. The van der Waals surface area contributed by atoms with Crippen LogP contribution in [0.1, 0.15) is 45.1 Å². The van der Waals surface area contributed by atoms with E-state index in [0.29, 0.717) is 16.5 Å². The summed E-state index contributed by atoms with van der Waals surface area (Å²) in [6, 6.07) is 3.48. The van der Waals surface area contributed by atoms with Gasteiger partial charge in [0.2, 0.25) is 0 Å². The van der Waals surface area contributed by atoms with E-state index in [9.17, 15) is 4.79 Å². The Labute approximate surface area is 130 Å². The third kappa shape index (κ3) is 3.62. The molecular weight excluding hydrogens is 292 g/mol. The zero-order valence-electron chi connectivity index (χ0n) is 12.6. The van der Waals surface area contributed by atoms with Gasteiger partial charge in [-0.05, 0) is 25.3 Å². The highest BCUT2D eigenvalue weighted by Gasteiger charge is 2.32. The molecule has 1 aliphatic rings. The topological polar surface area (TPSA) is 55.8 Å². The maximum atomic E-state index is 11.1. The summed E-state index contributed by atoms with van der Waals surface area (Å²) in [4.78, 5) is 11.1. The number of halogens is 1. The summed E-state index contributed by atoms with van der Waals surface area (Å²) in [6.07, 6.45) is 3.38. The van der Waals surface area contributed by atoms with Crippen LogP contribution in [0.15, 0.2) is 12.1 Å². The average molecular weight is 313 g/mol. The minimum atomic E-state index is -0.853. The highest BCUT2D eigenvalue weighted by atomic mass is 35.5. The van der Waals surface area contributed by atoms with E-state index in [4.69, 9.17) is 26.2 Å². The van der Waals surface area contributed by atoms with Crippen LogP contribution in [0.5, 0.6) is 11.5 Å². The van der Waals surface area contributed by atoms with Gasteiger partial charge in [-0.2, -0.15) is 0 Å². The number of hydrogen-bond acceptors (Lipinski definition) is 3. The Kier molecular flexibility index (Phi) is 4.67. The Morgan fingerprint density at radius 2 is 2.10 bits per heavy atom. The lowest BCUT2D eigenvalue weighted by atomic mass is 9.80. The molecule has 4 nitrogen and oxygen atoms in total. The second kappa shape index (κ2) is 6.14. The van der Waals surface area contributed by atoms with Crippen LogP contribution in [-0.2, 0) is 10.2 Å². The van der Waals surface area contributed by atoms with Crippen molar-refractivity contribution in [2.45, 2.75) is 51.0 Å². The Balaban J connectivity index is 2.45. The van der Waals surface area contributed by atoms with Crippen molar-refractivity contribution in [1.82, 2.24) is 0 Å². The molecule has 21 heavy (non-hydrogen) atoms.